The first kappa shape index (κ1) is 14.1. The van der Waals surface area contributed by atoms with Gasteiger partial charge in [0.2, 0.25) is 0 Å². The Labute approximate surface area is 121 Å². The minimum absolute atomic E-state index is 0.0333. The third-order valence-electron chi connectivity index (χ3n) is 5.06. The summed E-state index contributed by atoms with van der Waals surface area (Å²) in [5, 5.41) is 0. The summed E-state index contributed by atoms with van der Waals surface area (Å²) in [4.78, 5) is 0. The van der Waals surface area contributed by atoms with Crippen molar-refractivity contribution in [3.63, 3.8) is 0 Å². The Morgan fingerprint density at radius 3 is 1.85 bits per heavy atom. The normalized spacial score (nSPS) is 25.8. The highest BCUT2D eigenvalue weighted by Crippen LogP contribution is 2.48. The van der Waals surface area contributed by atoms with Crippen molar-refractivity contribution < 1.29 is 14.0 Å². The van der Waals surface area contributed by atoms with Gasteiger partial charge in [-0.2, -0.15) is 0 Å². The highest BCUT2D eigenvalue weighted by molar-refractivity contribution is 6.62. The average molecular weight is 274 g/mol. The lowest BCUT2D eigenvalue weighted by Crippen LogP contribution is -2.41. The van der Waals surface area contributed by atoms with Gasteiger partial charge in [0.1, 0.15) is 0 Å². The molecule has 108 valence electrons. The van der Waals surface area contributed by atoms with Gasteiger partial charge < -0.3 is 14.0 Å². The average Bonchev–Trinajstić information content (AvgIpc) is 3.14. The summed E-state index contributed by atoms with van der Waals surface area (Å²) in [5.74, 6) is 0. The van der Waals surface area contributed by atoms with Crippen molar-refractivity contribution >= 4 is 12.6 Å². The van der Waals surface area contributed by atoms with E-state index >= 15 is 0 Å². The van der Waals surface area contributed by atoms with Gasteiger partial charge in [-0.15, -0.1) is 0 Å². The molecule has 1 saturated heterocycles. The summed E-state index contributed by atoms with van der Waals surface area (Å²) in [6.07, 6.45) is 2.22. The Morgan fingerprint density at radius 2 is 1.45 bits per heavy atom. The molecular formula is C16H23BO3. The molecule has 0 bridgehead atoms. The van der Waals surface area contributed by atoms with Crippen molar-refractivity contribution in [3.8, 4) is 0 Å². The molecule has 2 fully saturated rings. The maximum atomic E-state index is 6.06. The van der Waals surface area contributed by atoms with E-state index in [1.807, 2.05) is 0 Å². The summed E-state index contributed by atoms with van der Waals surface area (Å²) < 4.78 is 17.7. The van der Waals surface area contributed by atoms with Gasteiger partial charge in [0, 0.05) is 7.11 Å². The van der Waals surface area contributed by atoms with Crippen LogP contribution in [0.5, 0.6) is 0 Å². The molecule has 0 aromatic heterocycles. The quantitative estimate of drug-likeness (QED) is 0.793. The smallest absolute Gasteiger partial charge is 0.399 e. The van der Waals surface area contributed by atoms with Crippen LogP contribution in [0.2, 0.25) is 0 Å². The van der Waals surface area contributed by atoms with Crippen LogP contribution in [0.3, 0.4) is 0 Å². The van der Waals surface area contributed by atoms with Gasteiger partial charge in [0.05, 0.1) is 16.8 Å². The molecule has 20 heavy (non-hydrogen) atoms. The third kappa shape index (κ3) is 2.10. The summed E-state index contributed by atoms with van der Waals surface area (Å²) in [6, 6.07) is 8.46. The fourth-order valence-electron chi connectivity index (χ4n) is 2.65. The summed E-state index contributed by atoms with van der Waals surface area (Å²) in [7, 11) is 1.50. The van der Waals surface area contributed by atoms with Crippen LogP contribution in [-0.2, 0) is 19.6 Å². The summed E-state index contributed by atoms with van der Waals surface area (Å²) in [6.45, 7) is 8.30. The van der Waals surface area contributed by atoms with E-state index in [-0.39, 0.29) is 23.9 Å². The lowest BCUT2D eigenvalue weighted by atomic mass is 9.78. The van der Waals surface area contributed by atoms with E-state index in [0.29, 0.717) is 0 Å². The van der Waals surface area contributed by atoms with E-state index in [2.05, 4.69) is 52.0 Å². The molecule has 1 aliphatic heterocycles. The van der Waals surface area contributed by atoms with Crippen molar-refractivity contribution in [1.82, 2.24) is 0 Å². The number of rotatable bonds is 3. The second-order valence-electron chi connectivity index (χ2n) is 6.91. The molecule has 0 unspecified atom stereocenters. The molecule has 0 N–H and O–H groups in total. The van der Waals surface area contributed by atoms with Crippen LogP contribution in [-0.4, -0.2) is 25.4 Å². The molecule has 1 aromatic carbocycles. The molecule has 0 radical (unpaired) electrons. The predicted molar refractivity (Wildman–Crippen MR) is 80.1 cm³/mol. The highest BCUT2D eigenvalue weighted by Gasteiger charge is 2.52. The lowest BCUT2D eigenvalue weighted by molar-refractivity contribution is 0.00578. The van der Waals surface area contributed by atoms with Crippen LogP contribution in [0.1, 0.15) is 46.1 Å². The number of benzene rings is 1. The van der Waals surface area contributed by atoms with Crippen LogP contribution < -0.4 is 5.46 Å². The second kappa shape index (κ2) is 4.33. The van der Waals surface area contributed by atoms with E-state index in [1.165, 1.54) is 5.56 Å². The Hall–Kier alpha value is -0.835. The Morgan fingerprint density at radius 1 is 0.950 bits per heavy atom. The largest absolute Gasteiger partial charge is 0.494 e. The van der Waals surface area contributed by atoms with Crippen molar-refractivity contribution in [2.75, 3.05) is 7.11 Å². The molecule has 0 atom stereocenters. The zero-order chi connectivity index (χ0) is 14.6. The molecule has 0 spiro atoms. The minimum Gasteiger partial charge on any atom is -0.399 e. The van der Waals surface area contributed by atoms with E-state index in [1.54, 1.807) is 7.11 Å². The first-order valence-electron chi connectivity index (χ1n) is 7.31. The van der Waals surface area contributed by atoms with Crippen molar-refractivity contribution in [2.24, 2.45) is 0 Å². The third-order valence-corrected chi connectivity index (χ3v) is 5.06. The van der Waals surface area contributed by atoms with E-state index < -0.39 is 0 Å². The van der Waals surface area contributed by atoms with Gasteiger partial charge in [-0.05, 0) is 51.6 Å². The maximum Gasteiger partial charge on any atom is 0.494 e. The zero-order valence-corrected chi connectivity index (χ0v) is 13.0. The molecule has 1 aliphatic carbocycles. The predicted octanol–water partition coefficient (Wildman–Crippen LogP) is 2.62. The number of hydrogen-bond acceptors (Lipinski definition) is 3. The van der Waals surface area contributed by atoms with E-state index in [4.69, 9.17) is 14.0 Å². The molecule has 1 aromatic rings. The van der Waals surface area contributed by atoms with Gasteiger partial charge in [-0.1, -0.05) is 24.3 Å². The Balaban J connectivity index is 1.80. The standard InChI is InChI=1S/C16H23BO3/c1-14(2)15(3,4)20-17(19-14)13-8-6-12(7-9-13)16(18-5)10-11-16/h6-9H,10-11H2,1-5H3. The van der Waals surface area contributed by atoms with Gasteiger partial charge in [0.15, 0.2) is 0 Å². The molecule has 3 nitrogen and oxygen atoms in total. The lowest BCUT2D eigenvalue weighted by Gasteiger charge is -2.32. The highest BCUT2D eigenvalue weighted by atomic mass is 16.7. The van der Waals surface area contributed by atoms with Crippen LogP contribution in [0.4, 0.5) is 0 Å². The van der Waals surface area contributed by atoms with Gasteiger partial charge >= 0.3 is 7.12 Å². The topological polar surface area (TPSA) is 27.7 Å². The molecule has 2 aliphatic rings. The van der Waals surface area contributed by atoms with Crippen LogP contribution in [0.25, 0.3) is 0 Å². The van der Waals surface area contributed by atoms with Crippen LogP contribution in [0, 0.1) is 0 Å². The number of ether oxygens (including phenoxy) is 1. The van der Waals surface area contributed by atoms with Gasteiger partial charge in [-0.3, -0.25) is 0 Å². The SMILES string of the molecule is COC1(c2ccc(B3OC(C)(C)C(C)(C)O3)cc2)CC1. The molecule has 1 saturated carbocycles. The van der Waals surface area contributed by atoms with Crippen LogP contribution >= 0.6 is 0 Å². The second-order valence-corrected chi connectivity index (χ2v) is 6.91. The fraction of sp³-hybridized carbons (Fsp3) is 0.625. The summed E-state index contributed by atoms with van der Waals surface area (Å²) >= 11 is 0. The first-order valence-corrected chi connectivity index (χ1v) is 7.31. The number of hydrogen-bond donors (Lipinski definition) is 0. The fourth-order valence-corrected chi connectivity index (χ4v) is 2.65. The first-order chi connectivity index (χ1) is 9.30. The van der Waals surface area contributed by atoms with Crippen LogP contribution in [0.15, 0.2) is 24.3 Å². The molecule has 0 amide bonds. The molecule has 3 rings (SSSR count). The summed E-state index contributed by atoms with van der Waals surface area (Å²) in [5.41, 5.74) is 1.70. The monoisotopic (exact) mass is 274 g/mol. The van der Waals surface area contributed by atoms with E-state index in [0.717, 1.165) is 18.3 Å². The van der Waals surface area contributed by atoms with Gasteiger partial charge in [0.25, 0.3) is 0 Å². The zero-order valence-electron chi connectivity index (χ0n) is 13.0. The van der Waals surface area contributed by atoms with E-state index in [9.17, 15) is 0 Å². The Kier molecular flexibility index (Phi) is 3.05. The van der Waals surface area contributed by atoms with Crippen molar-refractivity contribution in [1.29, 1.82) is 0 Å². The number of methoxy groups -OCH3 is 1. The molecule has 1 heterocycles. The minimum atomic E-state index is -0.291. The van der Waals surface area contributed by atoms with Crippen molar-refractivity contribution in [2.45, 2.75) is 57.3 Å². The Bertz CT molecular complexity index is 487. The van der Waals surface area contributed by atoms with Gasteiger partial charge in [-0.25, -0.2) is 0 Å². The maximum absolute atomic E-state index is 6.06. The van der Waals surface area contributed by atoms with Crippen molar-refractivity contribution in [3.05, 3.63) is 29.8 Å². The molecule has 4 heteroatoms. The molecular weight excluding hydrogens is 251 g/mol.